The third-order valence-electron chi connectivity index (χ3n) is 10.2. The molecule has 9 rings (SSSR count). The molecule has 6 atom stereocenters. The molecule has 3 fully saturated rings. The van der Waals surface area contributed by atoms with Crippen LogP contribution in [0.15, 0.2) is 55.4 Å². The van der Waals surface area contributed by atoms with Crippen molar-refractivity contribution in [3.05, 3.63) is 77.2 Å². The molecule has 0 amide bonds. The maximum Gasteiger partial charge on any atom is 1.00 e. The number of carboxylic acid groups (broad SMARTS) is 1. The van der Waals surface area contributed by atoms with Crippen LogP contribution in [0.25, 0.3) is 16.9 Å². The fraction of sp³-hybridized carbons (Fsp3) is 0.512. The van der Waals surface area contributed by atoms with E-state index in [1.54, 1.807) is 29.2 Å². The van der Waals surface area contributed by atoms with Crippen LogP contribution in [-0.2, 0) is 14.2 Å². The molecule has 4 N–H and O–H groups in total. The van der Waals surface area contributed by atoms with Gasteiger partial charge in [0.15, 0.2) is 28.5 Å². The second-order valence-electron chi connectivity index (χ2n) is 15.7. The number of nitrogens with zero attached hydrogens (tertiary/aromatic N) is 11. The maximum atomic E-state index is 11.6. The SMILES string of the molecule is C.CC(=O)c1cnn2ccc(Cl)nc12.CC(=O)c1cnn2ccc(N3C[C@H](C)O[C@@H](C)C3)nc12.C[C@H]1CCC[C@H](C)O1.C[C@H]1CN(c2ccn3ncc(C(=O)O)c3n2)C[C@H](C)O1.O.[Li+].[OH-]. The van der Waals surface area contributed by atoms with Crippen LogP contribution in [0, 0.1) is 0 Å². The van der Waals surface area contributed by atoms with Crippen molar-refractivity contribution in [3.63, 3.8) is 0 Å². The summed E-state index contributed by atoms with van der Waals surface area (Å²) in [5, 5.41) is 21.6. The largest absolute Gasteiger partial charge is 1.00 e. The minimum Gasteiger partial charge on any atom is -0.870 e. The molecule has 0 radical (unpaired) electrons. The number of ether oxygens (including phenoxy) is 3. The van der Waals surface area contributed by atoms with E-state index in [1.807, 2.05) is 32.2 Å². The van der Waals surface area contributed by atoms with Crippen molar-refractivity contribution in [2.45, 2.75) is 119 Å². The first kappa shape index (κ1) is 56.1. The summed E-state index contributed by atoms with van der Waals surface area (Å²) in [6.45, 7) is 18.5. The molecule has 0 aliphatic carbocycles. The normalized spacial score (nSPS) is 21.3. The van der Waals surface area contributed by atoms with Gasteiger partial charge >= 0.3 is 24.8 Å². The number of carbonyl (C=O) groups excluding carboxylic acids is 2. The maximum absolute atomic E-state index is 11.6. The van der Waals surface area contributed by atoms with Crippen molar-refractivity contribution < 1.29 is 63.5 Å². The van der Waals surface area contributed by atoms with E-state index in [0.717, 1.165) is 37.8 Å². The fourth-order valence-corrected chi connectivity index (χ4v) is 7.66. The molecule has 9 heterocycles. The molecule has 3 aliphatic heterocycles. The number of aromatic carboxylic acids is 1. The number of fused-ring (bicyclic) bond motifs is 3. The second-order valence-corrected chi connectivity index (χ2v) is 16.1. The first-order chi connectivity index (χ1) is 29.1. The molecular weight excluding hydrogens is 857 g/mol. The number of hydrogen-bond acceptors (Lipinski definition) is 15. The molecule has 0 saturated carbocycles. The number of halogens is 1. The second kappa shape index (κ2) is 25.0. The van der Waals surface area contributed by atoms with Crippen molar-refractivity contribution in [2.24, 2.45) is 0 Å². The third kappa shape index (κ3) is 14.5. The van der Waals surface area contributed by atoms with Gasteiger partial charge in [0.2, 0.25) is 0 Å². The first-order valence-electron chi connectivity index (χ1n) is 20.5. The molecule has 65 heavy (non-hydrogen) atoms. The molecule has 0 unspecified atom stereocenters. The molecule has 20 nitrogen and oxygen atoms in total. The number of aromatic nitrogens is 9. The van der Waals surface area contributed by atoms with Crippen molar-refractivity contribution in [3.8, 4) is 0 Å². The van der Waals surface area contributed by atoms with E-state index in [1.165, 1.54) is 54.5 Å². The number of Topliss-reactive ketones (excluding diaryl/α,β-unsaturated/α-hetero) is 2. The van der Waals surface area contributed by atoms with E-state index in [9.17, 15) is 14.4 Å². The monoisotopic (exact) mass is 917 g/mol. The van der Waals surface area contributed by atoms with Crippen LogP contribution in [0.4, 0.5) is 11.6 Å². The predicted molar refractivity (Wildman–Crippen MR) is 242 cm³/mol. The summed E-state index contributed by atoms with van der Waals surface area (Å²) in [4.78, 5) is 51.2. The van der Waals surface area contributed by atoms with Gasteiger partial charge in [0.05, 0.1) is 66.3 Å². The number of morpholine rings is 2. The topological polar surface area (TPSA) is 258 Å². The standard InChI is InChI=1S/C14H18N4O2.C13H16N4O3.C8H6ClN3O.C7H14O.CH4.Li.2H2O/c1-9-7-17(8-10(2)20-9)13-4-5-18-14(16-13)12(6-15-18)11(3)19;1-8-6-16(7-9(2)20-8)11-3-4-17-12(15-11)10(5-14-17)13(18)19;1-5(13)6-4-10-12-3-2-7(9)11-8(6)12;1-6-4-3-5-7(2)8-6;;;;/h4-6,9-10H,7-8H2,1-3H3;3-5,8-9H,6-7H2,1-2H3,(H,18,19);2-4H,1H3;6-7H,3-5H2,1-2H3;1H4;;2*1H2/q;;;;;+1;;/p-1/t9-,10-;8-,9-;;6-,7-;;;;/m00.0..../s1. The van der Waals surface area contributed by atoms with Crippen molar-refractivity contribution in [1.29, 1.82) is 0 Å². The third-order valence-corrected chi connectivity index (χ3v) is 10.4. The van der Waals surface area contributed by atoms with Crippen LogP contribution in [0.2, 0.25) is 5.15 Å². The van der Waals surface area contributed by atoms with Gasteiger partial charge in [-0.2, -0.15) is 15.3 Å². The van der Waals surface area contributed by atoms with Gasteiger partial charge in [0.1, 0.15) is 22.4 Å². The van der Waals surface area contributed by atoms with Gasteiger partial charge in [-0.1, -0.05) is 19.0 Å². The Balaban J connectivity index is 0.000000305. The quantitative estimate of drug-likeness (QED) is 0.148. The molecule has 0 aromatic carbocycles. The Kier molecular flexibility index (Phi) is 21.6. The molecule has 350 valence electrons. The summed E-state index contributed by atoms with van der Waals surface area (Å²) in [6, 6.07) is 5.39. The molecule has 3 aliphatic rings. The molecular formula is C43H61ClLiN11O9. The van der Waals surface area contributed by atoms with Gasteiger partial charge in [-0.15, -0.1) is 0 Å². The predicted octanol–water partition coefficient (Wildman–Crippen LogP) is 2.77. The van der Waals surface area contributed by atoms with Crippen molar-refractivity contribution in [2.75, 3.05) is 36.0 Å². The summed E-state index contributed by atoms with van der Waals surface area (Å²) < 4.78 is 21.5. The molecule has 0 spiro atoms. The van der Waals surface area contributed by atoms with Gasteiger partial charge in [-0.25, -0.2) is 33.3 Å². The van der Waals surface area contributed by atoms with Crippen molar-refractivity contribution in [1.82, 2.24) is 43.8 Å². The first-order valence-corrected chi connectivity index (χ1v) is 20.8. The number of carboxylic acids is 1. The Morgan fingerprint density at radius 3 is 1.29 bits per heavy atom. The zero-order valence-electron chi connectivity index (χ0n) is 37.8. The van der Waals surface area contributed by atoms with Crippen LogP contribution in [0.3, 0.4) is 0 Å². The Morgan fingerprint density at radius 1 is 0.600 bits per heavy atom. The zero-order valence-corrected chi connectivity index (χ0v) is 38.5. The minimum atomic E-state index is -1.02. The van der Waals surface area contributed by atoms with Gasteiger partial charge in [0, 0.05) is 44.8 Å². The van der Waals surface area contributed by atoms with Gasteiger partial charge in [0.25, 0.3) is 0 Å². The Bertz CT molecular complexity index is 2340. The van der Waals surface area contributed by atoms with Crippen molar-refractivity contribution >= 4 is 57.7 Å². The van der Waals surface area contributed by atoms with E-state index in [0.29, 0.717) is 45.4 Å². The number of carbonyl (C=O) groups is 3. The van der Waals surface area contributed by atoms with Gasteiger partial charge in [-0.05, 0) is 92.9 Å². The van der Waals surface area contributed by atoms with E-state index in [2.05, 4.69) is 67.7 Å². The Labute approximate surface area is 395 Å². The summed E-state index contributed by atoms with van der Waals surface area (Å²) in [5.41, 5.74) is 2.63. The van der Waals surface area contributed by atoms with Crippen LogP contribution in [0.5, 0.6) is 0 Å². The molecule has 22 heteroatoms. The number of anilines is 2. The van der Waals surface area contributed by atoms with Crippen LogP contribution in [-0.4, -0.2) is 140 Å². The number of hydrogen-bond donors (Lipinski definition) is 1. The Morgan fingerprint density at radius 2 is 0.938 bits per heavy atom. The van der Waals surface area contributed by atoms with E-state index < -0.39 is 5.97 Å². The average Bonchev–Trinajstić information content (AvgIpc) is 3.94. The van der Waals surface area contributed by atoms with Gasteiger partial charge < -0.3 is 40.1 Å². The minimum absolute atomic E-state index is 0. The summed E-state index contributed by atoms with van der Waals surface area (Å²) in [6.07, 6.45) is 15.1. The van der Waals surface area contributed by atoms with E-state index in [4.69, 9.17) is 30.9 Å². The van der Waals surface area contributed by atoms with E-state index >= 15 is 0 Å². The Hall–Kier alpha value is -5.04. The van der Waals surface area contributed by atoms with Crippen LogP contribution >= 0.6 is 11.6 Å². The summed E-state index contributed by atoms with van der Waals surface area (Å²) in [5.74, 6) is 0.511. The summed E-state index contributed by atoms with van der Waals surface area (Å²) in [7, 11) is 0. The summed E-state index contributed by atoms with van der Waals surface area (Å²) >= 11 is 5.69. The fourth-order valence-electron chi connectivity index (χ4n) is 7.52. The van der Waals surface area contributed by atoms with Gasteiger partial charge in [-0.3, -0.25) is 9.59 Å². The molecule has 0 bridgehead atoms. The number of ketones is 2. The van der Waals surface area contributed by atoms with E-state index in [-0.39, 0.29) is 78.8 Å². The molecule has 3 saturated heterocycles. The zero-order chi connectivity index (χ0) is 44.0. The number of rotatable bonds is 5. The molecule has 6 aromatic heterocycles. The molecule has 6 aromatic rings. The van der Waals surface area contributed by atoms with Crippen LogP contribution < -0.4 is 28.7 Å². The van der Waals surface area contributed by atoms with Crippen LogP contribution in [0.1, 0.15) is 113 Å². The average molecular weight is 918 g/mol. The smallest absolute Gasteiger partial charge is 0.870 e.